The van der Waals surface area contributed by atoms with Gasteiger partial charge in [-0.1, -0.05) is 43.4 Å². The zero-order valence-corrected chi connectivity index (χ0v) is 11.6. The summed E-state index contributed by atoms with van der Waals surface area (Å²) in [6, 6.07) is 8.20. The minimum absolute atomic E-state index is 0.384. The molecule has 4 heteroatoms. The maximum Gasteiger partial charge on any atom is 0.103 e. The van der Waals surface area contributed by atoms with Crippen LogP contribution in [0.1, 0.15) is 24.5 Å². The summed E-state index contributed by atoms with van der Waals surface area (Å²) >= 11 is 4.95. The molecule has 1 saturated heterocycles. The van der Waals surface area contributed by atoms with Crippen molar-refractivity contribution in [3.63, 3.8) is 0 Å². The molecular weight excluding hydrogens is 244 g/mol. The molecule has 1 atom stereocenters. The number of thiocarbonyl (C=S) groups is 1. The number of hydrogen-bond acceptors (Lipinski definition) is 3. The highest BCUT2D eigenvalue weighted by molar-refractivity contribution is 7.80. The van der Waals surface area contributed by atoms with Crippen LogP contribution in [0.4, 0.5) is 0 Å². The van der Waals surface area contributed by atoms with Crippen LogP contribution in [0.25, 0.3) is 0 Å². The molecule has 1 aromatic rings. The lowest BCUT2D eigenvalue weighted by Crippen LogP contribution is -2.41. The van der Waals surface area contributed by atoms with Crippen LogP contribution in [0.2, 0.25) is 0 Å². The van der Waals surface area contributed by atoms with Gasteiger partial charge in [-0.15, -0.1) is 0 Å². The smallest absolute Gasteiger partial charge is 0.103 e. The first-order chi connectivity index (χ1) is 8.69. The van der Waals surface area contributed by atoms with Gasteiger partial charge in [0.15, 0.2) is 0 Å². The Balaban J connectivity index is 1.94. The van der Waals surface area contributed by atoms with E-state index in [1.807, 2.05) is 12.1 Å². The summed E-state index contributed by atoms with van der Waals surface area (Å²) in [6.45, 7) is 6.01. The van der Waals surface area contributed by atoms with Crippen molar-refractivity contribution >= 4 is 17.2 Å². The minimum atomic E-state index is 0.384. The number of hydrogen-bond donors (Lipinski definition) is 1. The maximum atomic E-state index is 5.67. The molecule has 1 heterocycles. The highest BCUT2D eigenvalue weighted by atomic mass is 32.1. The SMILES string of the molecule is CCC1CN(Cc2ccc(C(N)=S)cc2)CCO1. The van der Waals surface area contributed by atoms with Gasteiger partial charge in [-0.2, -0.15) is 0 Å². The fourth-order valence-electron chi connectivity index (χ4n) is 2.20. The Morgan fingerprint density at radius 1 is 1.44 bits per heavy atom. The van der Waals surface area contributed by atoms with E-state index in [4.69, 9.17) is 22.7 Å². The second-order valence-electron chi connectivity index (χ2n) is 4.70. The topological polar surface area (TPSA) is 38.5 Å². The third-order valence-electron chi connectivity index (χ3n) is 3.32. The van der Waals surface area contributed by atoms with E-state index in [0.717, 1.165) is 38.2 Å². The molecule has 0 spiro atoms. The van der Waals surface area contributed by atoms with E-state index in [1.165, 1.54) is 5.56 Å². The van der Waals surface area contributed by atoms with Crippen molar-refractivity contribution in [2.24, 2.45) is 5.73 Å². The van der Waals surface area contributed by atoms with Gasteiger partial charge in [0, 0.05) is 25.2 Å². The van der Waals surface area contributed by atoms with Gasteiger partial charge in [0.25, 0.3) is 0 Å². The van der Waals surface area contributed by atoms with Crippen molar-refractivity contribution in [3.05, 3.63) is 35.4 Å². The summed E-state index contributed by atoms with van der Waals surface area (Å²) < 4.78 is 5.67. The second-order valence-corrected chi connectivity index (χ2v) is 5.14. The molecular formula is C14H20N2OS. The fraction of sp³-hybridized carbons (Fsp3) is 0.500. The molecule has 0 aromatic heterocycles. The molecule has 1 aliphatic heterocycles. The highest BCUT2D eigenvalue weighted by Crippen LogP contribution is 2.13. The molecule has 1 aromatic carbocycles. The largest absolute Gasteiger partial charge is 0.389 e. The van der Waals surface area contributed by atoms with Crippen LogP contribution >= 0.6 is 12.2 Å². The second kappa shape index (κ2) is 6.27. The summed E-state index contributed by atoms with van der Waals surface area (Å²) in [7, 11) is 0. The molecule has 0 aliphatic carbocycles. The highest BCUT2D eigenvalue weighted by Gasteiger charge is 2.18. The van der Waals surface area contributed by atoms with Crippen molar-refractivity contribution in [2.45, 2.75) is 26.0 Å². The van der Waals surface area contributed by atoms with Crippen LogP contribution in [0.15, 0.2) is 24.3 Å². The number of benzene rings is 1. The van der Waals surface area contributed by atoms with Gasteiger partial charge in [0.1, 0.15) is 4.99 Å². The van der Waals surface area contributed by atoms with Gasteiger partial charge in [0.2, 0.25) is 0 Å². The van der Waals surface area contributed by atoms with Crippen LogP contribution in [0.3, 0.4) is 0 Å². The monoisotopic (exact) mass is 264 g/mol. The first-order valence-electron chi connectivity index (χ1n) is 6.41. The minimum Gasteiger partial charge on any atom is -0.389 e. The molecule has 0 amide bonds. The standard InChI is InChI=1S/C14H20N2OS/c1-2-13-10-16(7-8-17-13)9-11-3-5-12(6-4-11)14(15)18/h3-6,13H,2,7-10H2,1H3,(H2,15,18). The van der Waals surface area contributed by atoms with Crippen molar-refractivity contribution in [1.29, 1.82) is 0 Å². The van der Waals surface area contributed by atoms with Gasteiger partial charge < -0.3 is 10.5 Å². The van der Waals surface area contributed by atoms with E-state index in [9.17, 15) is 0 Å². The quantitative estimate of drug-likeness (QED) is 0.843. The maximum absolute atomic E-state index is 5.67. The normalized spacial score (nSPS) is 20.8. The zero-order valence-electron chi connectivity index (χ0n) is 10.8. The molecule has 0 saturated carbocycles. The predicted molar refractivity (Wildman–Crippen MR) is 77.6 cm³/mol. The average Bonchev–Trinajstić information content (AvgIpc) is 2.39. The summed E-state index contributed by atoms with van der Waals surface area (Å²) in [5, 5.41) is 0. The molecule has 1 fully saturated rings. The van der Waals surface area contributed by atoms with Crippen LogP contribution in [-0.4, -0.2) is 35.7 Å². The Morgan fingerprint density at radius 2 is 2.17 bits per heavy atom. The summed E-state index contributed by atoms with van der Waals surface area (Å²) in [5.74, 6) is 0. The summed E-state index contributed by atoms with van der Waals surface area (Å²) in [6.07, 6.45) is 1.46. The number of ether oxygens (including phenoxy) is 1. The Morgan fingerprint density at radius 3 is 2.78 bits per heavy atom. The van der Waals surface area contributed by atoms with Crippen molar-refractivity contribution in [3.8, 4) is 0 Å². The van der Waals surface area contributed by atoms with E-state index in [2.05, 4.69) is 24.0 Å². The zero-order chi connectivity index (χ0) is 13.0. The molecule has 1 unspecified atom stereocenters. The van der Waals surface area contributed by atoms with Crippen molar-refractivity contribution in [1.82, 2.24) is 4.90 Å². The van der Waals surface area contributed by atoms with Crippen LogP contribution in [0, 0.1) is 0 Å². The van der Waals surface area contributed by atoms with Crippen molar-refractivity contribution in [2.75, 3.05) is 19.7 Å². The lowest BCUT2D eigenvalue weighted by molar-refractivity contribution is -0.0324. The lowest BCUT2D eigenvalue weighted by atomic mass is 10.1. The summed E-state index contributed by atoms with van der Waals surface area (Å²) in [4.78, 5) is 2.90. The third-order valence-corrected chi connectivity index (χ3v) is 3.56. The van der Waals surface area contributed by atoms with E-state index < -0.39 is 0 Å². The molecule has 98 valence electrons. The van der Waals surface area contributed by atoms with Gasteiger partial charge in [-0.3, -0.25) is 4.90 Å². The number of nitrogens with zero attached hydrogens (tertiary/aromatic N) is 1. The predicted octanol–water partition coefficient (Wildman–Crippen LogP) is 1.93. The van der Waals surface area contributed by atoms with E-state index >= 15 is 0 Å². The van der Waals surface area contributed by atoms with Gasteiger partial charge in [-0.05, 0) is 12.0 Å². The first kappa shape index (κ1) is 13.5. The van der Waals surface area contributed by atoms with Gasteiger partial charge in [0.05, 0.1) is 12.7 Å². The van der Waals surface area contributed by atoms with Gasteiger partial charge in [-0.25, -0.2) is 0 Å². The molecule has 0 bridgehead atoms. The Labute approximate surface area is 114 Å². The van der Waals surface area contributed by atoms with E-state index in [0.29, 0.717) is 11.1 Å². The third kappa shape index (κ3) is 3.51. The van der Waals surface area contributed by atoms with Crippen LogP contribution < -0.4 is 5.73 Å². The molecule has 2 N–H and O–H groups in total. The van der Waals surface area contributed by atoms with Crippen molar-refractivity contribution < 1.29 is 4.74 Å². The first-order valence-corrected chi connectivity index (χ1v) is 6.82. The number of morpholine rings is 1. The summed E-state index contributed by atoms with van der Waals surface area (Å²) in [5.41, 5.74) is 7.82. The lowest BCUT2D eigenvalue weighted by Gasteiger charge is -2.32. The van der Waals surface area contributed by atoms with E-state index in [1.54, 1.807) is 0 Å². The average molecular weight is 264 g/mol. The molecule has 1 aliphatic rings. The Bertz CT molecular complexity index is 405. The van der Waals surface area contributed by atoms with Crippen LogP contribution in [-0.2, 0) is 11.3 Å². The number of nitrogens with two attached hydrogens (primary N) is 1. The Kier molecular flexibility index (Phi) is 4.69. The molecule has 18 heavy (non-hydrogen) atoms. The van der Waals surface area contributed by atoms with Crippen LogP contribution in [0.5, 0.6) is 0 Å². The number of rotatable bonds is 4. The van der Waals surface area contributed by atoms with Gasteiger partial charge >= 0.3 is 0 Å². The molecule has 3 nitrogen and oxygen atoms in total. The molecule has 0 radical (unpaired) electrons. The fourth-order valence-corrected chi connectivity index (χ4v) is 2.34. The van der Waals surface area contributed by atoms with E-state index in [-0.39, 0.29) is 0 Å². The molecule has 2 rings (SSSR count). The Hall–Kier alpha value is -0.970.